The van der Waals surface area contributed by atoms with Crippen molar-refractivity contribution in [3.05, 3.63) is 90.0 Å². The van der Waals surface area contributed by atoms with Gasteiger partial charge in [0.2, 0.25) is 0 Å². The summed E-state index contributed by atoms with van der Waals surface area (Å²) in [6, 6.07) is 23.7. The van der Waals surface area contributed by atoms with Crippen LogP contribution in [0.2, 0.25) is 0 Å². The van der Waals surface area contributed by atoms with Gasteiger partial charge in [-0.25, -0.2) is 0 Å². The quantitative estimate of drug-likeness (QED) is 0.426. The van der Waals surface area contributed by atoms with Gasteiger partial charge in [-0.1, -0.05) is 74.7 Å². The normalized spacial score (nSPS) is 12.3. The lowest BCUT2D eigenvalue weighted by atomic mass is 9.94. The third kappa shape index (κ3) is 3.10. The second kappa shape index (κ2) is 6.45. The van der Waals surface area contributed by atoms with Crippen LogP contribution in [-0.4, -0.2) is 0 Å². The van der Waals surface area contributed by atoms with E-state index in [-0.39, 0.29) is 0 Å². The molecule has 0 bridgehead atoms. The number of fused-ring (bicyclic) bond motifs is 2. The first-order valence-electron chi connectivity index (χ1n) is 8.59. The molecule has 1 N–H and O–H groups in total. The zero-order valence-electron chi connectivity index (χ0n) is 14.5. The Morgan fingerprint density at radius 3 is 2.44 bits per heavy atom. The van der Waals surface area contributed by atoms with E-state index in [1.165, 1.54) is 26.6 Å². The predicted octanol–water partition coefficient (Wildman–Crippen LogP) is 7.08. The van der Waals surface area contributed by atoms with Crippen molar-refractivity contribution in [2.24, 2.45) is 0 Å². The number of para-hydroxylation sites is 1. The molecule has 0 spiro atoms. The van der Waals surface area contributed by atoms with Crippen LogP contribution in [0, 0.1) is 0 Å². The Morgan fingerprint density at radius 2 is 1.60 bits per heavy atom. The maximum Gasteiger partial charge on any atom is 0.0532 e. The maximum absolute atomic E-state index is 4.35. The Labute approximate surface area is 153 Å². The Bertz CT molecular complexity index is 956. The standard InChI is InChI=1S/C23H21NS/c1-15(2)17-7-6-8-18(13-17)16(3)19-11-12-23-21(14-19)24-20-9-4-5-10-22(20)25-23/h4-15,24H,3H2,1-2H3. The van der Waals surface area contributed by atoms with Gasteiger partial charge in [0.15, 0.2) is 0 Å². The van der Waals surface area contributed by atoms with Gasteiger partial charge in [0.05, 0.1) is 11.4 Å². The first-order valence-corrected chi connectivity index (χ1v) is 9.41. The molecule has 0 saturated heterocycles. The summed E-state index contributed by atoms with van der Waals surface area (Å²) in [5.41, 5.74) is 7.09. The van der Waals surface area contributed by atoms with Crippen molar-refractivity contribution < 1.29 is 0 Å². The topological polar surface area (TPSA) is 12.0 Å². The Hall–Kier alpha value is -2.45. The van der Waals surface area contributed by atoms with Gasteiger partial charge in [-0.05, 0) is 52.4 Å². The molecule has 0 unspecified atom stereocenters. The molecule has 0 amide bonds. The Kier molecular flexibility index (Phi) is 4.14. The van der Waals surface area contributed by atoms with E-state index in [1.807, 2.05) is 11.8 Å². The summed E-state index contributed by atoms with van der Waals surface area (Å²) < 4.78 is 0. The molecule has 1 aliphatic rings. The van der Waals surface area contributed by atoms with Crippen molar-refractivity contribution in [1.29, 1.82) is 0 Å². The molecule has 1 aliphatic heterocycles. The average Bonchev–Trinajstić information content (AvgIpc) is 2.65. The third-order valence-corrected chi connectivity index (χ3v) is 5.76. The van der Waals surface area contributed by atoms with Crippen molar-refractivity contribution in [3.8, 4) is 0 Å². The van der Waals surface area contributed by atoms with Crippen molar-refractivity contribution in [2.75, 3.05) is 5.32 Å². The minimum absolute atomic E-state index is 0.519. The molecule has 0 aromatic heterocycles. The minimum atomic E-state index is 0.519. The van der Waals surface area contributed by atoms with Gasteiger partial charge < -0.3 is 5.32 Å². The highest BCUT2D eigenvalue weighted by Crippen LogP contribution is 2.44. The molecule has 2 heteroatoms. The van der Waals surface area contributed by atoms with Gasteiger partial charge in [0, 0.05) is 9.79 Å². The van der Waals surface area contributed by atoms with Gasteiger partial charge in [0.1, 0.15) is 0 Å². The van der Waals surface area contributed by atoms with Gasteiger partial charge in [0.25, 0.3) is 0 Å². The van der Waals surface area contributed by atoms with Crippen molar-refractivity contribution >= 4 is 28.7 Å². The molecule has 0 saturated carbocycles. The van der Waals surface area contributed by atoms with Crippen molar-refractivity contribution in [1.82, 2.24) is 0 Å². The summed E-state index contributed by atoms with van der Waals surface area (Å²) in [5, 5.41) is 3.55. The van der Waals surface area contributed by atoms with Gasteiger partial charge in [-0.15, -0.1) is 0 Å². The maximum atomic E-state index is 4.35. The molecule has 0 fully saturated rings. The van der Waals surface area contributed by atoms with Crippen LogP contribution in [-0.2, 0) is 0 Å². The van der Waals surface area contributed by atoms with Crippen LogP contribution in [0.1, 0.15) is 36.5 Å². The van der Waals surface area contributed by atoms with Crippen LogP contribution in [0.25, 0.3) is 5.57 Å². The third-order valence-electron chi connectivity index (χ3n) is 4.61. The summed E-state index contributed by atoms with van der Waals surface area (Å²) in [6.07, 6.45) is 0. The van der Waals surface area contributed by atoms with E-state index >= 15 is 0 Å². The van der Waals surface area contributed by atoms with Gasteiger partial charge >= 0.3 is 0 Å². The highest BCUT2D eigenvalue weighted by Gasteiger charge is 2.16. The SMILES string of the molecule is C=C(c1cccc(C(C)C)c1)c1ccc2c(c1)Nc1ccccc1S2. The predicted molar refractivity (Wildman–Crippen MR) is 109 cm³/mol. The van der Waals surface area contributed by atoms with Crippen LogP contribution >= 0.6 is 11.8 Å². The lowest BCUT2D eigenvalue weighted by Gasteiger charge is -2.21. The molecule has 0 radical (unpaired) electrons. The van der Waals surface area contributed by atoms with E-state index in [1.54, 1.807) is 0 Å². The molecule has 0 aliphatic carbocycles. The van der Waals surface area contributed by atoms with Crippen LogP contribution in [0.3, 0.4) is 0 Å². The highest BCUT2D eigenvalue weighted by atomic mass is 32.2. The highest BCUT2D eigenvalue weighted by molar-refractivity contribution is 7.99. The summed E-state index contributed by atoms with van der Waals surface area (Å²) in [4.78, 5) is 2.53. The molecule has 0 atom stereocenters. The Morgan fingerprint density at radius 1 is 0.840 bits per heavy atom. The summed E-state index contributed by atoms with van der Waals surface area (Å²) >= 11 is 1.81. The van der Waals surface area contributed by atoms with E-state index in [9.17, 15) is 0 Å². The number of rotatable bonds is 3. The molecule has 4 rings (SSSR count). The first kappa shape index (κ1) is 16.0. The molecular weight excluding hydrogens is 322 g/mol. The van der Waals surface area contributed by atoms with E-state index in [4.69, 9.17) is 0 Å². The van der Waals surface area contributed by atoms with Crippen LogP contribution in [0.4, 0.5) is 11.4 Å². The second-order valence-corrected chi connectivity index (χ2v) is 7.78. The number of anilines is 2. The number of benzene rings is 3. The van der Waals surface area contributed by atoms with E-state index in [2.05, 4.69) is 92.5 Å². The zero-order chi connectivity index (χ0) is 17.4. The van der Waals surface area contributed by atoms with Crippen LogP contribution in [0.15, 0.2) is 83.1 Å². The van der Waals surface area contributed by atoms with Crippen molar-refractivity contribution in [3.63, 3.8) is 0 Å². The van der Waals surface area contributed by atoms with Crippen LogP contribution in [0.5, 0.6) is 0 Å². The van der Waals surface area contributed by atoms with Crippen molar-refractivity contribution in [2.45, 2.75) is 29.6 Å². The smallest absolute Gasteiger partial charge is 0.0532 e. The number of nitrogens with one attached hydrogen (secondary N) is 1. The fourth-order valence-electron chi connectivity index (χ4n) is 3.08. The van der Waals surface area contributed by atoms with Gasteiger partial charge in [-0.2, -0.15) is 0 Å². The monoisotopic (exact) mass is 343 g/mol. The van der Waals surface area contributed by atoms with Crippen LogP contribution < -0.4 is 5.32 Å². The zero-order valence-corrected chi connectivity index (χ0v) is 15.4. The molecule has 25 heavy (non-hydrogen) atoms. The summed E-state index contributed by atoms with van der Waals surface area (Å²) in [6.45, 7) is 8.80. The fourth-order valence-corrected chi connectivity index (χ4v) is 4.05. The summed E-state index contributed by atoms with van der Waals surface area (Å²) in [7, 11) is 0. The second-order valence-electron chi connectivity index (χ2n) is 6.69. The lowest BCUT2D eigenvalue weighted by molar-refractivity contribution is 0.866. The first-order chi connectivity index (χ1) is 12.1. The average molecular weight is 343 g/mol. The molecule has 3 aromatic rings. The van der Waals surface area contributed by atoms with Gasteiger partial charge in [-0.3, -0.25) is 0 Å². The Balaban J connectivity index is 1.67. The lowest BCUT2D eigenvalue weighted by Crippen LogP contribution is -2.00. The summed E-state index contributed by atoms with van der Waals surface area (Å²) in [5.74, 6) is 0.519. The minimum Gasteiger partial charge on any atom is -0.354 e. The molecule has 1 nitrogen and oxygen atoms in total. The molecular formula is C23H21NS. The number of hydrogen-bond acceptors (Lipinski definition) is 2. The largest absolute Gasteiger partial charge is 0.354 e. The number of hydrogen-bond donors (Lipinski definition) is 1. The fraction of sp³-hybridized carbons (Fsp3) is 0.130. The van der Waals surface area contributed by atoms with E-state index in [0.717, 1.165) is 16.8 Å². The van der Waals surface area contributed by atoms with E-state index < -0.39 is 0 Å². The molecule has 124 valence electrons. The molecule has 1 heterocycles. The van der Waals surface area contributed by atoms with E-state index in [0.29, 0.717) is 5.92 Å². The molecule has 3 aromatic carbocycles.